The van der Waals surface area contributed by atoms with Crippen LogP contribution >= 0.6 is 0 Å². The predicted octanol–water partition coefficient (Wildman–Crippen LogP) is 5.90. The molecule has 13 nitrogen and oxygen atoms in total. The molecule has 4 aromatic rings. The number of hydrogen-bond acceptors (Lipinski definition) is 12. The summed E-state index contributed by atoms with van der Waals surface area (Å²) in [5, 5.41) is 22.5. The van der Waals surface area contributed by atoms with Crippen molar-refractivity contribution in [1.82, 2.24) is 5.32 Å². The molecule has 0 spiro atoms. The second-order valence-corrected chi connectivity index (χ2v) is 14.5. The number of nitrogens with one attached hydrogen (secondary N) is 1. The van der Waals surface area contributed by atoms with Crippen LogP contribution in [0.5, 0.6) is 11.5 Å². The molecule has 0 aliphatic heterocycles. The second kappa shape index (κ2) is 16.1. The van der Waals surface area contributed by atoms with Gasteiger partial charge in [0.1, 0.15) is 36.5 Å². The minimum Gasteiger partial charge on any atom is -0.504 e. The fourth-order valence-electron chi connectivity index (χ4n) is 5.33. The quantitative estimate of drug-likeness (QED) is 0.0689. The van der Waals surface area contributed by atoms with Gasteiger partial charge in [-0.05, 0) is 95.5 Å². The van der Waals surface area contributed by atoms with Crippen LogP contribution < -0.4 is 20.7 Å². The molecular formula is C39H47N3O10. The third-order valence-corrected chi connectivity index (χ3v) is 7.59. The Balaban J connectivity index is 1.64. The third-order valence-electron chi connectivity index (χ3n) is 7.59. The van der Waals surface area contributed by atoms with Crippen LogP contribution in [0.15, 0.2) is 69.9 Å². The smallest absolute Gasteiger partial charge is 0.407 e. The molecule has 0 unspecified atom stereocenters. The van der Waals surface area contributed by atoms with E-state index in [4.69, 9.17) is 18.6 Å². The van der Waals surface area contributed by atoms with Gasteiger partial charge in [-0.1, -0.05) is 18.2 Å². The Morgan fingerprint density at radius 1 is 0.788 bits per heavy atom. The number of ether oxygens (including phenoxy) is 3. The molecule has 1 aromatic heterocycles. The standard InChI is InChI=1S/C39H47N3O10/c1-38(2,3)51-33(45)21-42(22-34(46)52-39(4,5)6)26-12-10-25(11-13-26)35-29(28-15-14-27(41(7)8)20-32(28)50-36(35)47)23-49-37(48)40-18-17-24-9-16-30(43)31(44)19-24/h9-16,19-20,43-44H,17-18,21-23H2,1-8H3,(H,40,48). The van der Waals surface area contributed by atoms with Crippen molar-refractivity contribution in [2.24, 2.45) is 0 Å². The average Bonchev–Trinajstić information content (AvgIpc) is 3.03. The number of benzene rings is 3. The highest BCUT2D eigenvalue weighted by Gasteiger charge is 2.25. The molecule has 0 aliphatic carbocycles. The number of alkyl carbamates (subject to hydrolysis) is 1. The summed E-state index contributed by atoms with van der Waals surface area (Å²) in [4.78, 5) is 55.5. The topological polar surface area (TPSA) is 168 Å². The SMILES string of the molecule is CN(C)c1ccc2c(COC(=O)NCCc3ccc(O)c(O)c3)c(-c3ccc(N(CC(=O)OC(C)(C)C)CC(=O)OC(C)(C)C)cc3)c(=O)oc2c1. The summed E-state index contributed by atoms with van der Waals surface area (Å²) in [6, 6.07) is 16.4. The van der Waals surface area contributed by atoms with Crippen molar-refractivity contribution in [3.05, 3.63) is 82.2 Å². The van der Waals surface area contributed by atoms with Gasteiger partial charge < -0.3 is 44.0 Å². The number of hydrogen-bond donors (Lipinski definition) is 3. The van der Waals surface area contributed by atoms with Gasteiger partial charge >= 0.3 is 23.7 Å². The van der Waals surface area contributed by atoms with Gasteiger partial charge in [0.25, 0.3) is 0 Å². The second-order valence-electron chi connectivity index (χ2n) is 14.5. The molecule has 0 fully saturated rings. The molecule has 0 bridgehead atoms. The van der Waals surface area contributed by atoms with Crippen molar-refractivity contribution in [2.75, 3.05) is 43.5 Å². The highest BCUT2D eigenvalue weighted by atomic mass is 16.6. The van der Waals surface area contributed by atoms with E-state index in [9.17, 15) is 29.4 Å². The van der Waals surface area contributed by atoms with Gasteiger partial charge in [0.15, 0.2) is 11.5 Å². The summed E-state index contributed by atoms with van der Waals surface area (Å²) in [5.41, 5.74) is 1.23. The van der Waals surface area contributed by atoms with Crippen LogP contribution in [-0.4, -0.2) is 73.2 Å². The molecule has 4 rings (SSSR count). The molecule has 0 radical (unpaired) electrons. The maximum atomic E-state index is 13.6. The van der Waals surface area contributed by atoms with Crippen molar-refractivity contribution < 1.29 is 43.2 Å². The number of phenolic OH excluding ortho intramolecular Hbond substituents is 2. The minimum atomic E-state index is -0.734. The Morgan fingerprint density at radius 3 is 1.94 bits per heavy atom. The fraction of sp³-hybridized carbons (Fsp3) is 0.385. The van der Waals surface area contributed by atoms with E-state index in [0.717, 1.165) is 5.69 Å². The van der Waals surface area contributed by atoms with Crippen LogP contribution in [0.1, 0.15) is 52.7 Å². The fourth-order valence-corrected chi connectivity index (χ4v) is 5.33. The van der Waals surface area contributed by atoms with E-state index in [1.165, 1.54) is 17.0 Å². The van der Waals surface area contributed by atoms with E-state index in [0.29, 0.717) is 39.8 Å². The number of carbonyl (C=O) groups is 3. The zero-order valence-corrected chi connectivity index (χ0v) is 30.9. The Morgan fingerprint density at radius 2 is 1.38 bits per heavy atom. The van der Waals surface area contributed by atoms with Gasteiger partial charge in [0.2, 0.25) is 0 Å². The molecule has 0 saturated carbocycles. The number of aromatic hydroxyl groups is 2. The minimum absolute atomic E-state index is 0.176. The molecule has 13 heteroatoms. The number of anilines is 2. The normalized spacial score (nSPS) is 11.5. The van der Waals surface area contributed by atoms with Gasteiger partial charge in [-0.15, -0.1) is 0 Å². The number of amides is 1. The van der Waals surface area contributed by atoms with E-state index in [1.807, 2.05) is 25.1 Å². The van der Waals surface area contributed by atoms with Crippen LogP contribution in [0.2, 0.25) is 0 Å². The van der Waals surface area contributed by atoms with Gasteiger partial charge in [-0.25, -0.2) is 9.59 Å². The van der Waals surface area contributed by atoms with E-state index < -0.39 is 34.9 Å². The van der Waals surface area contributed by atoms with E-state index >= 15 is 0 Å². The number of phenols is 2. The number of esters is 2. The first-order valence-electron chi connectivity index (χ1n) is 16.8. The lowest BCUT2D eigenvalue weighted by Crippen LogP contribution is -2.40. The first-order chi connectivity index (χ1) is 24.3. The summed E-state index contributed by atoms with van der Waals surface area (Å²) in [7, 11) is 3.72. The summed E-state index contributed by atoms with van der Waals surface area (Å²) in [6.45, 7) is 9.97. The summed E-state index contributed by atoms with van der Waals surface area (Å²) in [6.07, 6.45) is -0.361. The molecule has 52 heavy (non-hydrogen) atoms. The Hall–Kier alpha value is -5.72. The van der Waals surface area contributed by atoms with E-state index in [-0.39, 0.29) is 43.3 Å². The molecular weight excluding hydrogens is 670 g/mol. The van der Waals surface area contributed by atoms with Crippen molar-refractivity contribution in [3.8, 4) is 22.6 Å². The molecule has 3 N–H and O–H groups in total. The lowest BCUT2D eigenvalue weighted by molar-refractivity contribution is -0.154. The summed E-state index contributed by atoms with van der Waals surface area (Å²) in [5.74, 6) is -1.57. The van der Waals surface area contributed by atoms with Crippen LogP contribution in [0.4, 0.5) is 16.2 Å². The molecule has 0 saturated heterocycles. The average molecular weight is 718 g/mol. The first-order valence-corrected chi connectivity index (χ1v) is 16.8. The summed E-state index contributed by atoms with van der Waals surface area (Å²) < 4.78 is 22.4. The lowest BCUT2D eigenvalue weighted by atomic mass is 9.98. The van der Waals surface area contributed by atoms with Crippen molar-refractivity contribution in [1.29, 1.82) is 0 Å². The van der Waals surface area contributed by atoms with Gasteiger partial charge in [-0.2, -0.15) is 0 Å². The van der Waals surface area contributed by atoms with E-state index in [2.05, 4.69) is 5.32 Å². The molecule has 0 atom stereocenters. The van der Waals surface area contributed by atoms with Crippen molar-refractivity contribution in [3.63, 3.8) is 0 Å². The monoisotopic (exact) mass is 717 g/mol. The Kier molecular flexibility index (Phi) is 12.1. The van der Waals surface area contributed by atoms with Gasteiger partial charge in [-0.3, -0.25) is 9.59 Å². The van der Waals surface area contributed by atoms with Gasteiger partial charge in [0, 0.05) is 49.0 Å². The number of fused-ring (bicyclic) bond motifs is 1. The van der Waals surface area contributed by atoms with E-state index in [1.54, 1.807) is 84.0 Å². The highest BCUT2D eigenvalue weighted by Crippen LogP contribution is 2.32. The molecule has 1 amide bonds. The number of carbonyl (C=O) groups excluding carboxylic acids is 3. The Labute approximate surface area is 302 Å². The molecule has 278 valence electrons. The summed E-state index contributed by atoms with van der Waals surface area (Å²) >= 11 is 0. The van der Waals surface area contributed by atoms with Crippen LogP contribution in [0.25, 0.3) is 22.1 Å². The molecule has 0 aliphatic rings. The van der Waals surface area contributed by atoms with Crippen LogP contribution in [0.3, 0.4) is 0 Å². The van der Waals surface area contributed by atoms with Gasteiger partial charge in [0.05, 0.1) is 5.56 Å². The zero-order valence-electron chi connectivity index (χ0n) is 30.9. The zero-order chi connectivity index (χ0) is 38.4. The molecule has 3 aromatic carbocycles. The maximum Gasteiger partial charge on any atom is 0.407 e. The number of nitrogens with zero attached hydrogens (tertiary/aromatic N) is 2. The predicted molar refractivity (Wildman–Crippen MR) is 198 cm³/mol. The maximum absolute atomic E-state index is 13.6. The van der Waals surface area contributed by atoms with Crippen molar-refractivity contribution in [2.45, 2.75) is 65.8 Å². The largest absolute Gasteiger partial charge is 0.504 e. The van der Waals surface area contributed by atoms with Crippen molar-refractivity contribution >= 4 is 40.4 Å². The van der Waals surface area contributed by atoms with Crippen LogP contribution in [0, 0.1) is 0 Å². The lowest BCUT2D eigenvalue weighted by Gasteiger charge is -2.28. The first kappa shape index (κ1) is 39.1. The molecule has 1 heterocycles. The van der Waals surface area contributed by atoms with Crippen LogP contribution in [-0.2, 0) is 36.8 Å². The number of rotatable bonds is 12. The highest BCUT2D eigenvalue weighted by molar-refractivity contribution is 5.89. The third kappa shape index (κ3) is 10.9. The Bertz CT molecular complexity index is 1940.